The third-order valence-electron chi connectivity index (χ3n) is 2.87. The van der Waals surface area contributed by atoms with E-state index in [0.29, 0.717) is 12.2 Å². The third kappa shape index (κ3) is 5.02. The molecule has 0 aromatic heterocycles. The number of anilines is 1. The number of hydrogen-bond acceptors (Lipinski definition) is 3. The first-order chi connectivity index (χ1) is 8.52. The number of likely N-dealkylation sites (N-methyl/N-ethyl adjacent to an activating group) is 1. The summed E-state index contributed by atoms with van der Waals surface area (Å²) in [5.41, 5.74) is 6.75. The minimum atomic E-state index is -0.207. The van der Waals surface area contributed by atoms with Crippen molar-refractivity contribution < 1.29 is 4.39 Å². The van der Waals surface area contributed by atoms with Crippen molar-refractivity contribution in [2.24, 2.45) is 0 Å². The Morgan fingerprint density at radius 2 is 1.89 bits per heavy atom. The molecule has 1 rings (SSSR count). The van der Waals surface area contributed by atoms with Gasteiger partial charge in [0.05, 0.1) is 0 Å². The van der Waals surface area contributed by atoms with E-state index >= 15 is 0 Å². The van der Waals surface area contributed by atoms with Crippen molar-refractivity contribution in [3.05, 3.63) is 29.6 Å². The zero-order valence-corrected chi connectivity index (χ0v) is 11.6. The highest BCUT2D eigenvalue weighted by Crippen LogP contribution is 2.14. The lowest BCUT2D eigenvalue weighted by molar-refractivity contribution is 0.231. The molecule has 0 radical (unpaired) electrons. The number of rotatable bonds is 7. The molecule has 0 spiro atoms. The smallest absolute Gasteiger partial charge is 0.129 e. The SMILES string of the molecule is CCCN(CCN(C)C)Cc1ccc(N)cc1F. The molecule has 4 heteroatoms. The van der Waals surface area contributed by atoms with Gasteiger partial charge in [-0.2, -0.15) is 0 Å². The summed E-state index contributed by atoms with van der Waals surface area (Å²) in [6, 6.07) is 4.93. The number of nitrogens with zero attached hydrogens (tertiary/aromatic N) is 2. The van der Waals surface area contributed by atoms with Crippen LogP contribution in [0.15, 0.2) is 18.2 Å². The quantitative estimate of drug-likeness (QED) is 0.756. The summed E-state index contributed by atoms with van der Waals surface area (Å²) in [6.07, 6.45) is 1.07. The van der Waals surface area contributed by atoms with Crippen molar-refractivity contribution in [3.8, 4) is 0 Å². The molecule has 2 N–H and O–H groups in total. The van der Waals surface area contributed by atoms with Gasteiger partial charge < -0.3 is 10.6 Å². The first kappa shape index (κ1) is 14.9. The second kappa shape index (κ2) is 7.34. The molecule has 0 bridgehead atoms. The largest absolute Gasteiger partial charge is 0.399 e. The molecular formula is C14H24FN3. The molecule has 0 saturated carbocycles. The van der Waals surface area contributed by atoms with Gasteiger partial charge in [0.15, 0.2) is 0 Å². The fourth-order valence-corrected chi connectivity index (χ4v) is 1.86. The molecule has 0 unspecified atom stereocenters. The average Bonchev–Trinajstić information content (AvgIpc) is 2.29. The van der Waals surface area contributed by atoms with Gasteiger partial charge in [-0.15, -0.1) is 0 Å². The lowest BCUT2D eigenvalue weighted by atomic mass is 10.1. The van der Waals surface area contributed by atoms with Crippen molar-refractivity contribution >= 4 is 5.69 Å². The first-order valence-electron chi connectivity index (χ1n) is 6.44. The Balaban J connectivity index is 2.64. The molecule has 1 aromatic carbocycles. The van der Waals surface area contributed by atoms with E-state index in [-0.39, 0.29) is 5.82 Å². The normalized spacial score (nSPS) is 11.4. The predicted octanol–water partition coefficient (Wildman–Crippen LogP) is 2.18. The van der Waals surface area contributed by atoms with Gasteiger partial charge in [-0.1, -0.05) is 13.0 Å². The van der Waals surface area contributed by atoms with Gasteiger partial charge in [0.1, 0.15) is 5.82 Å². The average molecular weight is 253 g/mol. The van der Waals surface area contributed by atoms with Crippen LogP contribution in [0.4, 0.5) is 10.1 Å². The molecule has 0 amide bonds. The number of hydrogen-bond donors (Lipinski definition) is 1. The van der Waals surface area contributed by atoms with Crippen LogP contribution >= 0.6 is 0 Å². The lowest BCUT2D eigenvalue weighted by Gasteiger charge is -2.23. The molecule has 0 atom stereocenters. The van der Waals surface area contributed by atoms with Crippen molar-refractivity contribution in [1.82, 2.24) is 9.80 Å². The maximum absolute atomic E-state index is 13.7. The van der Waals surface area contributed by atoms with Crippen LogP contribution < -0.4 is 5.73 Å². The fourth-order valence-electron chi connectivity index (χ4n) is 1.86. The molecule has 3 nitrogen and oxygen atoms in total. The van der Waals surface area contributed by atoms with E-state index in [0.717, 1.165) is 31.6 Å². The molecule has 0 heterocycles. The Bertz CT molecular complexity index is 366. The van der Waals surface area contributed by atoms with E-state index in [1.165, 1.54) is 6.07 Å². The molecule has 0 aliphatic carbocycles. The number of halogens is 1. The fraction of sp³-hybridized carbons (Fsp3) is 0.571. The summed E-state index contributed by atoms with van der Waals surface area (Å²) < 4.78 is 13.7. The third-order valence-corrected chi connectivity index (χ3v) is 2.87. The van der Waals surface area contributed by atoms with Gasteiger partial charge in [0, 0.05) is 30.9 Å². The maximum Gasteiger partial charge on any atom is 0.129 e. The maximum atomic E-state index is 13.7. The summed E-state index contributed by atoms with van der Waals surface area (Å²) in [5.74, 6) is -0.207. The van der Waals surface area contributed by atoms with Crippen LogP contribution in [0.2, 0.25) is 0 Å². The van der Waals surface area contributed by atoms with Gasteiger partial charge in [-0.3, -0.25) is 4.90 Å². The predicted molar refractivity (Wildman–Crippen MR) is 74.9 cm³/mol. The van der Waals surface area contributed by atoms with Crippen LogP contribution in [0.1, 0.15) is 18.9 Å². The van der Waals surface area contributed by atoms with Crippen molar-refractivity contribution in [1.29, 1.82) is 0 Å². The van der Waals surface area contributed by atoms with Crippen LogP contribution in [0.5, 0.6) is 0 Å². The van der Waals surface area contributed by atoms with E-state index in [2.05, 4.69) is 16.7 Å². The summed E-state index contributed by atoms with van der Waals surface area (Å²) >= 11 is 0. The van der Waals surface area contributed by atoms with E-state index in [9.17, 15) is 4.39 Å². The first-order valence-corrected chi connectivity index (χ1v) is 6.44. The second-order valence-electron chi connectivity index (χ2n) is 4.93. The molecule has 1 aromatic rings. The minimum absolute atomic E-state index is 0.207. The Morgan fingerprint density at radius 3 is 2.44 bits per heavy atom. The van der Waals surface area contributed by atoms with Gasteiger partial charge in [0.25, 0.3) is 0 Å². The van der Waals surface area contributed by atoms with Crippen LogP contribution in [0.3, 0.4) is 0 Å². The van der Waals surface area contributed by atoms with Gasteiger partial charge >= 0.3 is 0 Å². The number of benzene rings is 1. The monoisotopic (exact) mass is 253 g/mol. The molecular weight excluding hydrogens is 229 g/mol. The highest BCUT2D eigenvalue weighted by atomic mass is 19.1. The van der Waals surface area contributed by atoms with Crippen LogP contribution in [0.25, 0.3) is 0 Å². The minimum Gasteiger partial charge on any atom is -0.399 e. The van der Waals surface area contributed by atoms with Gasteiger partial charge in [-0.05, 0) is 39.2 Å². The van der Waals surface area contributed by atoms with E-state index in [4.69, 9.17) is 5.73 Å². The molecule has 18 heavy (non-hydrogen) atoms. The number of nitrogen functional groups attached to an aromatic ring is 1. The van der Waals surface area contributed by atoms with Crippen molar-refractivity contribution in [2.45, 2.75) is 19.9 Å². The van der Waals surface area contributed by atoms with E-state index < -0.39 is 0 Å². The standard InChI is InChI=1S/C14H24FN3/c1-4-7-18(9-8-17(2)3)11-12-5-6-13(16)10-14(12)15/h5-6,10H,4,7-9,11,16H2,1-3H3. The second-order valence-corrected chi connectivity index (χ2v) is 4.93. The Labute approximate surface area is 109 Å². The summed E-state index contributed by atoms with van der Waals surface area (Å²) in [7, 11) is 4.10. The van der Waals surface area contributed by atoms with Crippen molar-refractivity contribution in [3.63, 3.8) is 0 Å². The molecule has 0 saturated heterocycles. The van der Waals surface area contributed by atoms with Crippen molar-refractivity contribution in [2.75, 3.05) is 39.5 Å². The Hall–Kier alpha value is -1.13. The molecule has 0 aliphatic rings. The van der Waals surface area contributed by atoms with Crippen LogP contribution in [-0.2, 0) is 6.54 Å². The topological polar surface area (TPSA) is 32.5 Å². The van der Waals surface area contributed by atoms with E-state index in [1.54, 1.807) is 12.1 Å². The Kier molecular flexibility index (Phi) is 6.09. The zero-order chi connectivity index (χ0) is 13.5. The lowest BCUT2D eigenvalue weighted by Crippen LogP contribution is -2.32. The molecule has 102 valence electrons. The number of nitrogens with two attached hydrogens (primary N) is 1. The zero-order valence-electron chi connectivity index (χ0n) is 11.6. The van der Waals surface area contributed by atoms with Crippen LogP contribution in [-0.4, -0.2) is 43.5 Å². The Morgan fingerprint density at radius 1 is 1.17 bits per heavy atom. The summed E-state index contributed by atoms with van der Waals surface area (Å²) in [5, 5.41) is 0. The highest BCUT2D eigenvalue weighted by Gasteiger charge is 2.09. The van der Waals surface area contributed by atoms with Gasteiger partial charge in [0.2, 0.25) is 0 Å². The highest BCUT2D eigenvalue weighted by molar-refractivity contribution is 5.40. The summed E-state index contributed by atoms with van der Waals surface area (Å²) in [6.45, 7) is 5.70. The summed E-state index contributed by atoms with van der Waals surface area (Å²) in [4.78, 5) is 4.41. The van der Waals surface area contributed by atoms with Crippen LogP contribution in [0, 0.1) is 5.82 Å². The van der Waals surface area contributed by atoms with E-state index in [1.807, 2.05) is 14.1 Å². The molecule has 0 fully saturated rings. The van der Waals surface area contributed by atoms with Gasteiger partial charge in [-0.25, -0.2) is 4.39 Å². The molecule has 0 aliphatic heterocycles.